The lowest BCUT2D eigenvalue weighted by molar-refractivity contribution is -0.139. The van der Waals surface area contributed by atoms with Crippen molar-refractivity contribution in [3.63, 3.8) is 0 Å². The summed E-state index contributed by atoms with van der Waals surface area (Å²) >= 11 is 0. The third-order valence-electron chi connectivity index (χ3n) is 3.45. The van der Waals surface area contributed by atoms with Gasteiger partial charge in [-0.1, -0.05) is 39.0 Å². The minimum atomic E-state index is -0.859. The van der Waals surface area contributed by atoms with Crippen molar-refractivity contribution in [1.82, 2.24) is 0 Å². The number of nitrogens with two attached hydrogens (primary N) is 1. The fourth-order valence-electron chi connectivity index (χ4n) is 2.34. The van der Waals surface area contributed by atoms with Crippen molar-refractivity contribution >= 4 is 5.97 Å². The summed E-state index contributed by atoms with van der Waals surface area (Å²) in [6, 6.07) is -0.654. The molecule has 0 unspecified atom stereocenters. The third kappa shape index (κ3) is 3.29. The zero-order valence-corrected chi connectivity index (χ0v) is 8.91. The van der Waals surface area contributed by atoms with Crippen LogP contribution in [0.15, 0.2) is 0 Å². The largest absolute Gasteiger partial charge is 0.480 e. The van der Waals surface area contributed by atoms with E-state index in [0.717, 1.165) is 5.92 Å². The van der Waals surface area contributed by atoms with Crippen molar-refractivity contribution in [2.75, 3.05) is 0 Å². The molecule has 3 nitrogen and oxygen atoms in total. The standard InChI is InChI=1S/C11H21NO2/c1-2-8-3-5-9(6-4-8)7-10(12)11(13)14/h8-10H,2-7,12H2,1H3,(H,13,14)/t8?,9?,10-/m1/s1. The van der Waals surface area contributed by atoms with E-state index < -0.39 is 12.0 Å². The Hall–Kier alpha value is -0.570. The molecule has 0 aromatic carbocycles. The van der Waals surface area contributed by atoms with E-state index in [9.17, 15) is 4.79 Å². The van der Waals surface area contributed by atoms with E-state index in [2.05, 4.69) is 6.92 Å². The molecule has 0 amide bonds. The van der Waals surface area contributed by atoms with Crippen molar-refractivity contribution in [2.24, 2.45) is 17.6 Å². The summed E-state index contributed by atoms with van der Waals surface area (Å²) in [6.07, 6.45) is 6.77. The fraction of sp³-hybridized carbons (Fsp3) is 0.909. The van der Waals surface area contributed by atoms with Crippen LogP contribution in [0.2, 0.25) is 0 Å². The van der Waals surface area contributed by atoms with Gasteiger partial charge in [0.2, 0.25) is 0 Å². The molecule has 82 valence electrons. The summed E-state index contributed by atoms with van der Waals surface area (Å²) in [5, 5.41) is 8.69. The highest BCUT2D eigenvalue weighted by Crippen LogP contribution is 2.32. The molecule has 14 heavy (non-hydrogen) atoms. The van der Waals surface area contributed by atoms with Crippen molar-refractivity contribution in [2.45, 2.75) is 51.5 Å². The predicted octanol–water partition coefficient (Wildman–Crippen LogP) is 2.00. The van der Waals surface area contributed by atoms with E-state index in [1.807, 2.05) is 0 Å². The monoisotopic (exact) mass is 199 g/mol. The molecule has 3 heteroatoms. The van der Waals surface area contributed by atoms with Crippen molar-refractivity contribution < 1.29 is 9.90 Å². The second kappa shape index (κ2) is 5.35. The Kier molecular flexibility index (Phi) is 4.39. The van der Waals surface area contributed by atoms with Crippen LogP contribution in [0, 0.1) is 11.8 Å². The van der Waals surface area contributed by atoms with Crippen LogP contribution in [0.25, 0.3) is 0 Å². The maximum atomic E-state index is 10.6. The Labute approximate surface area is 85.7 Å². The highest BCUT2D eigenvalue weighted by molar-refractivity contribution is 5.73. The molecule has 0 heterocycles. The molecule has 1 atom stereocenters. The molecule has 0 saturated heterocycles. The zero-order chi connectivity index (χ0) is 10.6. The van der Waals surface area contributed by atoms with Gasteiger partial charge in [0.15, 0.2) is 0 Å². The van der Waals surface area contributed by atoms with Crippen molar-refractivity contribution in [3.8, 4) is 0 Å². The average molecular weight is 199 g/mol. The highest BCUT2D eigenvalue weighted by atomic mass is 16.4. The molecule has 1 aliphatic rings. The number of rotatable bonds is 4. The van der Waals surface area contributed by atoms with Crippen LogP contribution >= 0.6 is 0 Å². The average Bonchev–Trinajstić information content (AvgIpc) is 2.19. The van der Waals surface area contributed by atoms with Crippen LogP contribution in [0.1, 0.15) is 45.4 Å². The number of hydrogen-bond acceptors (Lipinski definition) is 2. The molecule has 0 spiro atoms. The second-order valence-electron chi connectivity index (χ2n) is 4.48. The quantitative estimate of drug-likeness (QED) is 0.728. The molecule has 0 aromatic rings. The molecule has 0 aromatic heterocycles. The Balaban J connectivity index is 2.25. The van der Waals surface area contributed by atoms with E-state index in [-0.39, 0.29) is 0 Å². The topological polar surface area (TPSA) is 63.3 Å². The predicted molar refractivity (Wildman–Crippen MR) is 56.0 cm³/mol. The molecule has 1 saturated carbocycles. The summed E-state index contributed by atoms with van der Waals surface area (Å²) in [5.74, 6) is 0.554. The van der Waals surface area contributed by atoms with E-state index in [1.165, 1.54) is 32.1 Å². The Morgan fingerprint density at radius 2 is 1.86 bits per heavy atom. The van der Waals surface area contributed by atoms with E-state index >= 15 is 0 Å². The summed E-state index contributed by atoms with van der Waals surface area (Å²) in [7, 11) is 0. The van der Waals surface area contributed by atoms with Gasteiger partial charge in [-0.05, 0) is 18.3 Å². The first kappa shape index (κ1) is 11.5. The van der Waals surface area contributed by atoms with Gasteiger partial charge in [0, 0.05) is 0 Å². The first-order chi connectivity index (χ1) is 6.63. The number of carboxylic acid groups (broad SMARTS) is 1. The van der Waals surface area contributed by atoms with Crippen LogP contribution in [0.4, 0.5) is 0 Å². The summed E-state index contributed by atoms with van der Waals surface area (Å²) in [5.41, 5.74) is 5.51. The van der Waals surface area contributed by atoms with Gasteiger partial charge in [-0.3, -0.25) is 4.79 Å². The molecule has 1 aliphatic carbocycles. The smallest absolute Gasteiger partial charge is 0.320 e. The maximum absolute atomic E-state index is 10.6. The molecule has 0 radical (unpaired) electrons. The summed E-state index contributed by atoms with van der Waals surface area (Å²) in [6.45, 7) is 2.23. The van der Waals surface area contributed by atoms with Crippen molar-refractivity contribution in [3.05, 3.63) is 0 Å². The molecule has 0 aliphatic heterocycles. The van der Waals surface area contributed by atoms with Gasteiger partial charge in [-0.2, -0.15) is 0 Å². The van der Waals surface area contributed by atoms with E-state index in [1.54, 1.807) is 0 Å². The van der Waals surface area contributed by atoms with Gasteiger partial charge < -0.3 is 10.8 Å². The Morgan fingerprint density at radius 1 is 1.36 bits per heavy atom. The van der Waals surface area contributed by atoms with Crippen LogP contribution in [0.3, 0.4) is 0 Å². The van der Waals surface area contributed by atoms with Crippen LogP contribution < -0.4 is 5.73 Å². The lowest BCUT2D eigenvalue weighted by Crippen LogP contribution is -2.33. The number of aliphatic carboxylic acids is 1. The number of hydrogen-bond donors (Lipinski definition) is 2. The van der Waals surface area contributed by atoms with Crippen molar-refractivity contribution in [1.29, 1.82) is 0 Å². The molecule has 3 N–H and O–H groups in total. The first-order valence-corrected chi connectivity index (χ1v) is 5.61. The number of carbonyl (C=O) groups is 1. The Morgan fingerprint density at radius 3 is 2.29 bits per heavy atom. The molecular weight excluding hydrogens is 178 g/mol. The SMILES string of the molecule is CCC1CCC(C[C@@H](N)C(=O)O)CC1. The third-order valence-corrected chi connectivity index (χ3v) is 3.45. The maximum Gasteiger partial charge on any atom is 0.320 e. The van der Waals surface area contributed by atoms with Gasteiger partial charge in [0.05, 0.1) is 0 Å². The van der Waals surface area contributed by atoms with Gasteiger partial charge in [0.1, 0.15) is 6.04 Å². The van der Waals surface area contributed by atoms with Crippen LogP contribution in [-0.2, 0) is 4.79 Å². The van der Waals surface area contributed by atoms with Gasteiger partial charge in [0.25, 0.3) is 0 Å². The highest BCUT2D eigenvalue weighted by Gasteiger charge is 2.23. The minimum Gasteiger partial charge on any atom is -0.480 e. The minimum absolute atomic E-state index is 0.545. The van der Waals surface area contributed by atoms with E-state index in [0.29, 0.717) is 12.3 Å². The fourth-order valence-corrected chi connectivity index (χ4v) is 2.34. The summed E-state index contributed by atoms with van der Waals surface area (Å²) in [4.78, 5) is 10.6. The number of carboxylic acids is 1. The van der Waals surface area contributed by atoms with Gasteiger partial charge in [-0.25, -0.2) is 0 Å². The molecule has 0 bridgehead atoms. The van der Waals surface area contributed by atoms with Crippen LogP contribution in [0.5, 0.6) is 0 Å². The second-order valence-corrected chi connectivity index (χ2v) is 4.48. The van der Waals surface area contributed by atoms with Gasteiger partial charge in [-0.15, -0.1) is 0 Å². The molecule has 1 fully saturated rings. The van der Waals surface area contributed by atoms with Gasteiger partial charge >= 0.3 is 5.97 Å². The van der Waals surface area contributed by atoms with Crippen LogP contribution in [-0.4, -0.2) is 17.1 Å². The van der Waals surface area contributed by atoms with E-state index in [4.69, 9.17) is 10.8 Å². The molecule has 1 rings (SSSR count). The summed E-state index contributed by atoms with van der Waals surface area (Å²) < 4.78 is 0. The first-order valence-electron chi connectivity index (χ1n) is 5.61. The molecular formula is C11H21NO2. The zero-order valence-electron chi connectivity index (χ0n) is 8.91. The normalized spacial score (nSPS) is 29.9. The Bertz CT molecular complexity index is 186. The lowest BCUT2D eigenvalue weighted by Gasteiger charge is -2.28. The lowest BCUT2D eigenvalue weighted by atomic mass is 9.78.